The van der Waals surface area contributed by atoms with Crippen LogP contribution in [0.3, 0.4) is 0 Å². The maximum Gasteiger partial charge on any atom is 0.274 e. The first-order valence-electron chi connectivity index (χ1n) is 5.38. The minimum Gasteiger partial charge on any atom is -0.332 e. The average Bonchev–Trinajstić information content (AvgIpc) is 2.16. The highest BCUT2D eigenvalue weighted by molar-refractivity contribution is 6.33. The van der Waals surface area contributed by atoms with Gasteiger partial charge in [0.15, 0.2) is 0 Å². The molecule has 0 aliphatic heterocycles. The van der Waals surface area contributed by atoms with Crippen molar-refractivity contribution in [2.75, 3.05) is 0 Å². The molecule has 0 aromatic carbocycles. The number of rotatable bonds is 3. The second-order valence-electron chi connectivity index (χ2n) is 4.23. The third kappa shape index (κ3) is 2.73. The zero-order valence-electron chi connectivity index (χ0n) is 10.1. The van der Waals surface area contributed by atoms with Crippen LogP contribution in [0.25, 0.3) is 0 Å². The first-order chi connectivity index (χ1) is 7.45. The third-order valence-electron chi connectivity index (χ3n) is 2.31. The molecule has 1 heterocycles. The van der Waals surface area contributed by atoms with Crippen LogP contribution in [0, 0.1) is 0 Å². The molecule has 1 rings (SSSR count). The number of carbonyl (C=O) groups is 1. The molecule has 0 unspecified atom stereocenters. The van der Waals surface area contributed by atoms with E-state index in [1.807, 2.05) is 27.7 Å². The molecule has 0 N–H and O–H groups in total. The van der Waals surface area contributed by atoms with Gasteiger partial charge in [-0.05, 0) is 39.8 Å². The molecule has 1 amide bonds. The van der Waals surface area contributed by atoms with Crippen LogP contribution >= 0.6 is 11.6 Å². The molecule has 0 aliphatic rings. The predicted molar refractivity (Wildman–Crippen MR) is 65.7 cm³/mol. The number of halogens is 1. The lowest BCUT2D eigenvalue weighted by molar-refractivity contribution is 0.0638. The Labute approximate surface area is 101 Å². The summed E-state index contributed by atoms with van der Waals surface area (Å²) in [6.07, 6.45) is 1.58. The van der Waals surface area contributed by atoms with Crippen LogP contribution in [-0.4, -0.2) is 27.9 Å². The van der Waals surface area contributed by atoms with Crippen molar-refractivity contribution in [3.8, 4) is 0 Å². The third-order valence-corrected chi connectivity index (χ3v) is 2.61. The van der Waals surface area contributed by atoms with E-state index in [0.717, 1.165) is 0 Å². The lowest BCUT2D eigenvalue weighted by atomic mass is 10.2. The highest BCUT2D eigenvalue weighted by atomic mass is 35.5. The zero-order chi connectivity index (χ0) is 12.3. The van der Waals surface area contributed by atoms with Crippen molar-refractivity contribution in [3.63, 3.8) is 0 Å². The van der Waals surface area contributed by atoms with Crippen LogP contribution in [0.1, 0.15) is 38.2 Å². The van der Waals surface area contributed by atoms with E-state index in [4.69, 9.17) is 11.6 Å². The molecule has 4 heteroatoms. The average molecular weight is 241 g/mol. The van der Waals surface area contributed by atoms with Crippen molar-refractivity contribution in [3.05, 3.63) is 29.0 Å². The molecule has 88 valence electrons. The highest BCUT2D eigenvalue weighted by Crippen LogP contribution is 2.17. The van der Waals surface area contributed by atoms with Crippen LogP contribution in [0.5, 0.6) is 0 Å². The molecule has 0 saturated carbocycles. The summed E-state index contributed by atoms with van der Waals surface area (Å²) in [6, 6.07) is 3.66. The molecule has 16 heavy (non-hydrogen) atoms. The standard InChI is InChI=1S/C12H17ClN2O/c1-8(2)15(9(3)4)12(16)11-10(13)6-5-7-14-11/h5-9H,1-4H3. The van der Waals surface area contributed by atoms with E-state index >= 15 is 0 Å². The summed E-state index contributed by atoms with van der Waals surface area (Å²) in [6.45, 7) is 7.92. The van der Waals surface area contributed by atoms with Crippen molar-refractivity contribution >= 4 is 17.5 Å². The quantitative estimate of drug-likeness (QED) is 0.814. The van der Waals surface area contributed by atoms with Crippen LogP contribution in [-0.2, 0) is 0 Å². The molecule has 0 bridgehead atoms. The second-order valence-corrected chi connectivity index (χ2v) is 4.64. The van der Waals surface area contributed by atoms with Crippen LogP contribution < -0.4 is 0 Å². The van der Waals surface area contributed by atoms with Gasteiger partial charge >= 0.3 is 0 Å². The Morgan fingerprint density at radius 1 is 1.31 bits per heavy atom. The fourth-order valence-corrected chi connectivity index (χ4v) is 1.93. The number of carbonyl (C=O) groups excluding carboxylic acids is 1. The van der Waals surface area contributed by atoms with E-state index in [2.05, 4.69) is 4.98 Å². The fraction of sp³-hybridized carbons (Fsp3) is 0.500. The minimum absolute atomic E-state index is 0.115. The number of aromatic nitrogens is 1. The van der Waals surface area contributed by atoms with Gasteiger partial charge in [0.25, 0.3) is 5.91 Å². The summed E-state index contributed by atoms with van der Waals surface area (Å²) in [5.41, 5.74) is 0.326. The van der Waals surface area contributed by atoms with E-state index in [9.17, 15) is 4.79 Å². The van der Waals surface area contributed by atoms with Crippen molar-refractivity contribution in [1.82, 2.24) is 9.88 Å². The molecule has 0 saturated heterocycles. The van der Waals surface area contributed by atoms with Gasteiger partial charge in [0.1, 0.15) is 5.69 Å². The van der Waals surface area contributed by atoms with Gasteiger partial charge in [-0.1, -0.05) is 11.6 Å². The Bertz CT molecular complexity index is 369. The first kappa shape index (κ1) is 13.0. The Balaban J connectivity index is 3.05. The number of hydrogen-bond acceptors (Lipinski definition) is 2. The SMILES string of the molecule is CC(C)N(C(=O)c1ncccc1Cl)C(C)C. The van der Waals surface area contributed by atoms with Gasteiger partial charge in [-0.2, -0.15) is 0 Å². The van der Waals surface area contributed by atoms with E-state index in [-0.39, 0.29) is 18.0 Å². The molecule has 1 aromatic rings. The van der Waals surface area contributed by atoms with Crippen molar-refractivity contribution < 1.29 is 4.79 Å². The molecule has 0 radical (unpaired) electrons. The normalized spacial score (nSPS) is 10.9. The minimum atomic E-state index is -0.115. The summed E-state index contributed by atoms with van der Waals surface area (Å²) in [7, 11) is 0. The lowest BCUT2D eigenvalue weighted by Crippen LogP contribution is -2.42. The van der Waals surface area contributed by atoms with E-state index in [1.54, 1.807) is 23.2 Å². The van der Waals surface area contributed by atoms with Gasteiger partial charge in [-0.15, -0.1) is 0 Å². The van der Waals surface area contributed by atoms with Crippen LogP contribution in [0.2, 0.25) is 5.02 Å². The smallest absolute Gasteiger partial charge is 0.274 e. The van der Waals surface area contributed by atoms with Gasteiger partial charge < -0.3 is 4.90 Å². The molecule has 0 atom stereocenters. The lowest BCUT2D eigenvalue weighted by Gasteiger charge is -2.30. The van der Waals surface area contributed by atoms with Gasteiger partial charge in [-0.25, -0.2) is 4.98 Å². The monoisotopic (exact) mass is 240 g/mol. The summed E-state index contributed by atoms with van der Waals surface area (Å²) in [5, 5.41) is 0.402. The van der Waals surface area contributed by atoms with Gasteiger partial charge in [0, 0.05) is 18.3 Å². The summed E-state index contributed by atoms with van der Waals surface area (Å²) < 4.78 is 0. The molecular weight excluding hydrogens is 224 g/mol. The van der Waals surface area contributed by atoms with E-state index < -0.39 is 0 Å². The van der Waals surface area contributed by atoms with Crippen LogP contribution in [0.15, 0.2) is 18.3 Å². The van der Waals surface area contributed by atoms with E-state index in [1.165, 1.54) is 0 Å². The maximum atomic E-state index is 12.2. The summed E-state index contributed by atoms with van der Waals surface area (Å²) in [5.74, 6) is -0.115. The fourth-order valence-electron chi connectivity index (χ4n) is 1.73. The molecule has 3 nitrogen and oxygen atoms in total. The number of nitrogens with zero attached hydrogens (tertiary/aromatic N) is 2. The van der Waals surface area contributed by atoms with Gasteiger partial charge in [-0.3, -0.25) is 4.79 Å². The predicted octanol–water partition coefficient (Wildman–Crippen LogP) is 2.99. The second kappa shape index (κ2) is 5.30. The largest absolute Gasteiger partial charge is 0.332 e. The highest BCUT2D eigenvalue weighted by Gasteiger charge is 2.24. The summed E-state index contributed by atoms with van der Waals surface area (Å²) in [4.78, 5) is 18.0. The van der Waals surface area contributed by atoms with Crippen LogP contribution in [0.4, 0.5) is 0 Å². The Morgan fingerprint density at radius 3 is 2.31 bits per heavy atom. The topological polar surface area (TPSA) is 33.2 Å². The van der Waals surface area contributed by atoms with Gasteiger partial charge in [0.05, 0.1) is 5.02 Å². The zero-order valence-corrected chi connectivity index (χ0v) is 10.8. The Kier molecular flexibility index (Phi) is 4.30. The van der Waals surface area contributed by atoms with Crippen molar-refractivity contribution in [2.45, 2.75) is 39.8 Å². The molecule has 1 aromatic heterocycles. The Morgan fingerprint density at radius 2 is 1.88 bits per heavy atom. The molecule has 0 spiro atoms. The first-order valence-corrected chi connectivity index (χ1v) is 5.76. The molecule has 0 aliphatic carbocycles. The van der Waals surface area contributed by atoms with Crippen molar-refractivity contribution in [2.24, 2.45) is 0 Å². The number of pyridine rings is 1. The molecule has 0 fully saturated rings. The maximum absolute atomic E-state index is 12.2. The van der Waals surface area contributed by atoms with Gasteiger partial charge in [0.2, 0.25) is 0 Å². The molecular formula is C12H17ClN2O. The summed E-state index contributed by atoms with van der Waals surface area (Å²) >= 11 is 5.96. The van der Waals surface area contributed by atoms with E-state index in [0.29, 0.717) is 10.7 Å². The number of amides is 1. The number of hydrogen-bond donors (Lipinski definition) is 0. The Hall–Kier alpha value is -1.09. The van der Waals surface area contributed by atoms with Crippen molar-refractivity contribution in [1.29, 1.82) is 0 Å².